The number of aryl methyl sites for hydroxylation is 2. The third-order valence-corrected chi connectivity index (χ3v) is 5.19. The van der Waals surface area contributed by atoms with Crippen molar-refractivity contribution >= 4 is 34.2 Å². The summed E-state index contributed by atoms with van der Waals surface area (Å²) in [6, 6.07) is 12.8. The fraction of sp³-hybridized carbons (Fsp3) is 0.294. The van der Waals surface area contributed by atoms with Crippen LogP contribution in [0.15, 0.2) is 36.4 Å². The lowest BCUT2D eigenvalue weighted by atomic mass is 9.97. The molecule has 2 aromatic carbocycles. The van der Waals surface area contributed by atoms with Gasteiger partial charge in [0, 0.05) is 14.6 Å². The molecule has 1 unspecified atom stereocenters. The normalized spacial score (nSPS) is 15.2. The van der Waals surface area contributed by atoms with Crippen LogP contribution in [-0.2, 0) is 19.3 Å². The number of hydrogen-bond acceptors (Lipinski definition) is 1. The number of halogens is 2. The highest BCUT2D eigenvalue weighted by Crippen LogP contribution is 2.27. The average Bonchev–Trinajstić information content (AvgIpc) is 2.89. The Labute approximate surface area is 138 Å². The van der Waals surface area contributed by atoms with E-state index in [0.29, 0.717) is 0 Å². The van der Waals surface area contributed by atoms with E-state index in [-0.39, 0.29) is 6.04 Å². The molecule has 0 saturated carbocycles. The average molecular weight is 398 g/mol. The van der Waals surface area contributed by atoms with Crippen LogP contribution in [-0.4, -0.2) is 0 Å². The molecular formula is C17H17ClIN. The molecule has 0 fully saturated rings. The summed E-state index contributed by atoms with van der Waals surface area (Å²) >= 11 is 8.41. The summed E-state index contributed by atoms with van der Waals surface area (Å²) in [7, 11) is 0. The van der Waals surface area contributed by atoms with Crippen LogP contribution in [0, 0.1) is 3.57 Å². The van der Waals surface area contributed by atoms with Crippen LogP contribution in [0.1, 0.15) is 34.7 Å². The number of fused-ring (bicyclic) bond motifs is 1. The van der Waals surface area contributed by atoms with Crippen molar-refractivity contribution in [1.82, 2.24) is 0 Å². The summed E-state index contributed by atoms with van der Waals surface area (Å²) in [5, 5.41) is 0.754. The SMILES string of the molecule is NC(Cc1ccc2c(c1)CCC2)c1cc(Cl)ccc1I. The lowest BCUT2D eigenvalue weighted by Gasteiger charge is -2.15. The molecule has 3 heteroatoms. The maximum Gasteiger partial charge on any atom is 0.0410 e. The molecule has 1 aliphatic rings. The number of rotatable bonds is 3. The molecule has 1 atom stereocenters. The molecule has 0 amide bonds. The number of hydrogen-bond donors (Lipinski definition) is 1. The van der Waals surface area contributed by atoms with E-state index in [1.165, 1.54) is 39.5 Å². The lowest BCUT2D eigenvalue weighted by molar-refractivity contribution is 0.717. The minimum atomic E-state index is 0.0000491. The van der Waals surface area contributed by atoms with Gasteiger partial charge < -0.3 is 5.73 Å². The molecule has 0 aliphatic heterocycles. The van der Waals surface area contributed by atoms with E-state index in [0.717, 1.165) is 17.0 Å². The Balaban J connectivity index is 1.82. The molecule has 104 valence electrons. The Morgan fingerprint density at radius 1 is 1.10 bits per heavy atom. The Hall–Kier alpha value is -0.580. The molecular weight excluding hydrogens is 381 g/mol. The van der Waals surface area contributed by atoms with E-state index in [1.807, 2.05) is 18.2 Å². The number of nitrogens with two attached hydrogens (primary N) is 1. The first-order chi connectivity index (χ1) is 9.63. The van der Waals surface area contributed by atoms with Gasteiger partial charge in [-0.05, 0) is 88.7 Å². The second kappa shape index (κ2) is 6.04. The van der Waals surface area contributed by atoms with Crippen molar-refractivity contribution in [2.24, 2.45) is 5.73 Å². The molecule has 1 nitrogen and oxygen atoms in total. The fourth-order valence-corrected chi connectivity index (χ4v) is 3.83. The largest absolute Gasteiger partial charge is 0.324 e. The minimum Gasteiger partial charge on any atom is -0.324 e. The van der Waals surface area contributed by atoms with Crippen LogP contribution in [0.25, 0.3) is 0 Å². The van der Waals surface area contributed by atoms with Crippen molar-refractivity contribution in [2.45, 2.75) is 31.7 Å². The van der Waals surface area contributed by atoms with Gasteiger partial charge in [-0.3, -0.25) is 0 Å². The van der Waals surface area contributed by atoms with Crippen LogP contribution in [0.2, 0.25) is 5.02 Å². The summed E-state index contributed by atoms with van der Waals surface area (Å²) in [6.07, 6.45) is 4.60. The second-order valence-electron chi connectivity index (χ2n) is 5.43. The first-order valence-corrected chi connectivity index (χ1v) is 8.40. The van der Waals surface area contributed by atoms with Gasteiger partial charge in [-0.25, -0.2) is 0 Å². The van der Waals surface area contributed by atoms with Gasteiger partial charge in [0.25, 0.3) is 0 Å². The molecule has 0 heterocycles. The van der Waals surface area contributed by atoms with Crippen molar-refractivity contribution in [3.8, 4) is 0 Å². The van der Waals surface area contributed by atoms with Crippen LogP contribution < -0.4 is 5.73 Å². The molecule has 0 saturated heterocycles. The topological polar surface area (TPSA) is 26.0 Å². The maximum absolute atomic E-state index is 6.38. The Morgan fingerprint density at radius 3 is 2.75 bits per heavy atom. The maximum atomic E-state index is 6.38. The van der Waals surface area contributed by atoms with Crippen molar-refractivity contribution in [3.05, 3.63) is 67.2 Å². The van der Waals surface area contributed by atoms with Crippen LogP contribution in [0.4, 0.5) is 0 Å². The van der Waals surface area contributed by atoms with Gasteiger partial charge in [-0.2, -0.15) is 0 Å². The quantitative estimate of drug-likeness (QED) is 0.748. The van der Waals surface area contributed by atoms with E-state index in [2.05, 4.69) is 40.8 Å². The standard InChI is InChI=1S/C17H17ClIN/c18-14-6-7-16(19)15(10-14)17(20)9-11-4-5-12-2-1-3-13(12)8-11/h4-8,10,17H,1-3,9,20H2. The van der Waals surface area contributed by atoms with Crippen LogP contribution in [0.3, 0.4) is 0 Å². The van der Waals surface area contributed by atoms with Gasteiger partial charge in [0.05, 0.1) is 0 Å². The van der Waals surface area contributed by atoms with E-state index < -0.39 is 0 Å². The highest BCUT2D eigenvalue weighted by Gasteiger charge is 2.14. The van der Waals surface area contributed by atoms with Crippen molar-refractivity contribution in [3.63, 3.8) is 0 Å². The summed E-state index contributed by atoms with van der Waals surface area (Å²) in [4.78, 5) is 0. The van der Waals surface area contributed by atoms with E-state index >= 15 is 0 Å². The van der Waals surface area contributed by atoms with E-state index in [9.17, 15) is 0 Å². The third kappa shape index (κ3) is 3.02. The Morgan fingerprint density at radius 2 is 1.90 bits per heavy atom. The molecule has 0 radical (unpaired) electrons. The molecule has 0 spiro atoms. The van der Waals surface area contributed by atoms with E-state index in [1.54, 1.807) is 0 Å². The first-order valence-electron chi connectivity index (χ1n) is 6.94. The summed E-state index contributed by atoms with van der Waals surface area (Å²) in [5.41, 5.74) is 11.9. The zero-order valence-electron chi connectivity index (χ0n) is 11.2. The second-order valence-corrected chi connectivity index (χ2v) is 7.03. The van der Waals surface area contributed by atoms with Gasteiger partial charge >= 0.3 is 0 Å². The summed E-state index contributed by atoms with van der Waals surface area (Å²) in [5.74, 6) is 0. The van der Waals surface area contributed by atoms with Crippen molar-refractivity contribution in [1.29, 1.82) is 0 Å². The van der Waals surface area contributed by atoms with Crippen LogP contribution in [0.5, 0.6) is 0 Å². The molecule has 1 aliphatic carbocycles. The Bertz CT molecular complexity index is 639. The number of benzene rings is 2. The smallest absolute Gasteiger partial charge is 0.0410 e. The lowest BCUT2D eigenvalue weighted by Crippen LogP contribution is -2.15. The van der Waals surface area contributed by atoms with E-state index in [4.69, 9.17) is 17.3 Å². The minimum absolute atomic E-state index is 0.0000491. The zero-order chi connectivity index (χ0) is 14.1. The van der Waals surface area contributed by atoms with Gasteiger partial charge in [0.2, 0.25) is 0 Å². The van der Waals surface area contributed by atoms with Crippen molar-refractivity contribution in [2.75, 3.05) is 0 Å². The van der Waals surface area contributed by atoms with Gasteiger partial charge in [0.1, 0.15) is 0 Å². The van der Waals surface area contributed by atoms with Crippen LogP contribution >= 0.6 is 34.2 Å². The molecule has 0 bridgehead atoms. The van der Waals surface area contributed by atoms with Crippen molar-refractivity contribution < 1.29 is 0 Å². The van der Waals surface area contributed by atoms with Gasteiger partial charge in [-0.15, -0.1) is 0 Å². The molecule has 3 rings (SSSR count). The predicted octanol–water partition coefficient (Wildman–Crippen LogP) is 4.68. The highest BCUT2D eigenvalue weighted by atomic mass is 127. The van der Waals surface area contributed by atoms with Gasteiger partial charge in [-0.1, -0.05) is 29.8 Å². The molecule has 20 heavy (non-hydrogen) atoms. The fourth-order valence-electron chi connectivity index (χ4n) is 2.91. The predicted molar refractivity (Wildman–Crippen MR) is 93.3 cm³/mol. The van der Waals surface area contributed by atoms with Gasteiger partial charge in [0.15, 0.2) is 0 Å². The highest BCUT2D eigenvalue weighted by molar-refractivity contribution is 14.1. The molecule has 2 N–H and O–H groups in total. The molecule has 2 aromatic rings. The third-order valence-electron chi connectivity index (χ3n) is 3.98. The first kappa shape index (κ1) is 14.4. The summed E-state index contributed by atoms with van der Waals surface area (Å²) in [6.45, 7) is 0. The zero-order valence-corrected chi connectivity index (χ0v) is 14.1. The summed E-state index contributed by atoms with van der Waals surface area (Å²) < 4.78 is 1.18. The molecule has 0 aromatic heterocycles. The monoisotopic (exact) mass is 397 g/mol. The Kier molecular flexibility index (Phi) is 4.34.